The van der Waals surface area contributed by atoms with Crippen molar-refractivity contribution >= 4 is 29.1 Å². The van der Waals surface area contributed by atoms with E-state index in [0.717, 1.165) is 0 Å². The van der Waals surface area contributed by atoms with Gasteiger partial charge < -0.3 is 11.1 Å². The number of thioether (sulfide) groups is 1. The number of aromatic nitrogens is 1. The second-order valence-electron chi connectivity index (χ2n) is 3.66. The number of hydrogen-bond acceptors (Lipinski definition) is 6. The molecule has 0 saturated carbocycles. The fraction of sp³-hybridized carbons (Fsp3) is 0.250. The lowest BCUT2D eigenvalue weighted by Crippen LogP contribution is -2.04. The van der Waals surface area contributed by atoms with E-state index in [9.17, 15) is 4.79 Å². The minimum Gasteiger partial charge on any atom is -0.397 e. The topological polar surface area (TPSA) is 91.8 Å². The summed E-state index contributed by atoms with van der Waals surface area (Å²) >= 11 is 1.35. The number of nitrogens with zero attached hydrogens (tertiary/aromatic N) is 2. The maximum absolute atomic E-state index is 10.9. The molecule has 0 aromatic carbocycles. The smallest absolute Gasteiger partial charge is 0.154 e. The number of ketones is 1. The van der Waals surface area contributed by atoms with E-state index in [1.165, 1.54) is 24.8 Å². The number of nitrogens with one attached hydrogen (secondary N) is 1. The van der Waals surface area contributed by atoms with Crippen molar-refractivity contribution in [3.63, 3.8) is 0 Å². The van der Waals surface area contributed by atoms with Crippen molar-refractivity contribution in [1.82, 2.24) is 4.98 Å². The van der Waals surface area contributed by atoms with Crippen LogP contribution in [0, 0.1) is 11.3 Å². The summed E-state index contributed by atoms with van der Waals surface area (Å²) in [5.74, 6) is 0.470. The van der Waals surface area contributed by atoms with Crippen LogP contribution in [0.5, 0.6) is 0 Å². The lowest BCUT2D eigenvalue weighted by Gasteiger charge is -2.09. The molecule has 5 nitrogen and oxygen atoms in total. The van der Waals surface area contributed by atoms with Gasteiger partial charge >= 0.3 is 0 Å². The molecule has 94 valence electrons. The molecule has 0 unspecified atom stereocenters. The summed E-state index contributed by atoms with van der Waals surface area (Å²) < 4.78 is 0. The van der Waals surface area contributed by atoms with Crippen LogP contribution in [-0.4, -0.2) is 17.0 Å². The van der Waals surface area contributed by atoms with Gasteiger partial charge in [-0.1, -0.05) is 0 Å². The molecular weight excluding hydrogens is 248 g/mol. The number of nitrogens with two attached hydrogens (primary N) is 1. The van der Waals surface area contributed by atoms with Gasteiger partial charge in [-0.05, 0) is 26.2 Å². The minimum absolute atomic E-state index is 0.0493. The zero-order valence-electron chi connectivity index (χ0n) is 10.4. The minimum atomic E-state index is -0.0493. The summed E-state index contributed by atoms with van der Waals surface area (Å²) in [4.78, 5) is 15.2. The van der Waals surface area contributed by atoms with Gasteiger partial charge in [0.2, 0.25) is 0 Å². The molecule has 0 atom stereocenters. The molecule has 0 spiro atoms. The van der Waals surface area contributed by atoms with Gasteiger partial charge in [0.05, 0.1) is 5.69 Å². The van der Waals surface area contributed by atoms with Crippen LogP contribution in [0.3, 0.4) is 0 Å². The van der Waals surface area contributed by atoms with Crippen molar-refractivity contribution in [2.24, 2.45) is 0 Å². The highest BCUT2D eigenvalue weighted by Crippen LogP contribution is 2.26. The molecule has 1 rings (SSSR count). The second kappa shape index (κ2) is 6.07. The molecule has 0 radical (unpaired) electrons. The molecule has 1 aromatic heterocycles. The van der Waals surface area contributed by atoms with E-state index in [4.69, 9.17) is 11.0 Å². The molecule has 0 bridgehead atoms. The first kappa shape index (κ1) is 14.1. The van der Waals surface area contributed by atoms with Crippen LogP contribution in [-0.2, 0) is 4.79 Å². The molecule has 0 saturated heterocycles. The summed E-state index contributed by atoms with van der Waals surface area (Å²) in [6.07, 6.45) is 3.29. The van der Waals surface area contributed by atoms with Gasteiger partial charge in [-0.3, -0.25) is 4.79 Å². The lowest BCUT2D eigenvalue weighted by molar-refractivity contribution is -0.112. The molecule has 0 aliphatic rings. The van der Waals surface area contributed by atoms with E-state index in [0.29, 0.717) is 27.8 Å². The quantitative estimate of drug-likeness (QED) is 0.638. The number of allylic oxidation sites excluding steroid dienone is 2. The first-order valence-electron chi connectivity index (χ1n) is 5.18. The average molecular weight is 262 g/mol. The Kier molecular flexibility index (Phi) is 4.75. The Morgan fingerprint density at radius 3 is 2.78 bits per heavy atom. The van der Waals surface area contributed by atoms with Gasteiger partial charge in [-0.25, -0.2) is 4.98 Å². The fourth-order valence-electron chi connectivity index (χ4n) is 1.41. The zero-order valence-corrected chi connectivity index (χ0v) is 11.3. The number of hydrogen-bond donors (Lipinski definition) is 2. The Morgan fingerprint density at radius 1 is 1.61 bits per heavy atom. The summed E-state index contributed by atoms with van der Waals surface area (Å²) in [5, 5.41) is 12.5. The van der Waals surface area contributed by atoms with E-state index in [2.05, 4.69) is 10.3 Å². The Hall–Kier alpha value is -2.00. The Morgan fingerprint density at radius 2 is 2.28 bits per heavy atom. The highest BCUT2D eigenvalue weighted by Gasteiger charge is 2.09. The molecule has 1 aromatic rings. The van der Waals surface area contributed by atoms with Gasteiger partial charge in [0.15, 0.2) is 5.78 Å². The SMILES string of the molecule is CSc1nc(N/C(C)=C/C(C)=O)cc(N)c1C#N. The summed E-state index contributed by atoms with van der Waals surface area (Å²) in [6.45, 7) is 3.23. The number of anilines is 2. The van der Waals surface area contributed by atoms with Crippen LogP contribution in [0.25, 0.3) is 0 Å². The van der Waals surface area contributed by atoms with Crippen LogP contribution < -0.4 is 11.1 Å². The summed E-state index contributed by atoms with van der Waals surface area (Å²) in [7, 11) is 0. The molecule has 6 heteroatoms. The van der Waals surface area contributed by atoms with E-state index in [1.807, 2.05) is 12.3 Å². The normalized spacial score (nSPS) is 10.9. The number of carbonyl (C=O) groups is 1. The van der Waals surface area contributed by atoms with Gasteiger partial charge in [0.25, 0.3) is 0 Å². The first-order chi connectivity index (χ1) is 8.47. The van der Waals surface area contributed by atoms with E-state index in [1.54, 1.807) is 13.0 Å². The predicted octanol–water partition coefficient (Wildman–Crippen LogP) is 2.16. The maximum Gasteiger partial charge on any atom is 0.154 e. The predicted molar refractivity (Wildman–Crippen MR) is 73.2 cm³/mol. The average Bonchev–Trinajstić information content (AvgIpc) is 2.26. The van der Waals surface area contributed by atoms with Crippen molar-refractivity contribution < 1.29 is 4.79 Å². The first-order valence-corrected chi connectivity index (χ1v) is 6.41. The Balaban J connectivity index is 3.10. The monoisotopic (exact) mass is 262 g/mol. The molecule has 0 amide bonds. The molecule has 0 fully saturated rings. The maximum atomic E-state index is 10.9. The molecule has 1 heterocycles. The Bertz CT molecular complexity index is 546. The summed E-state index contributed by atoms with van der Waals surface area (Å²) in [5.41, 5.74) is 7.20. The largest absolute Gasteiger partial charge is 0.397 e. The van der Waals surface area contributed by atoms with Crippen molar-refractivity contribution in [2.45, 2.75) is 18.9 Å². The van der Waals surface area contributed by atoms with Crippen LogP contribution in [0.2, 0.25) is 0 Å². The van der Waals surface area contributed by atoms with Crippen LogP contribution >= 0.6 is 11.8 Å². The third-order valence-electron chi connectivity index (χ3n) is 2.07. The molecule has 0 aliphatic carbocycles. The van der Waals surface area contributed by atoms with E-state index in [-0.39, 0.29) is 5.78 Å². The summed E-state index contributed by atoms with van der Waals surface area (Å²) in [6, 6.07) is 3.60. The van der Waals surface area contributed by atoms with Crippen LogP contribution in [0.15, 0.2) is 22.9 Å². The zero-order chi connectivity index (χ0) is 13.7. The van der Waals surface area contributed by atoms with Crippen molar-refractivity contribution in [3.8, 4) is 6.07 Å². The van der Waals surface area contributed by atoms with Gasteiger partial charge in [-0.15, -0.1) is 11.8 Å². The third-order valence-corrected chi connectivity index (χ3v) is 2.75. The Labute approximate surface area is 110 Å². The number of carbonyl (C=O) groups excluding carboxylic acids is 1. The van der Waals surface area contributed by atoms with Gasteiger partial charge in [-0.2, -0.15) is 5.26 Å². The number of pyridine rings is 1. The van der Waals surface area contributed by atoms with Crippen LogP contribution in [0.4, 0.5) is 11.5 Å². The number of rotatable bonds is 4. The van der Waals surface area contributed by atoms with Crippen molar-refractivity contribution in [1.29, 1.82) is 5.26 Å². The third kappa shape index (κ3) is 3.50. The van der Waals surface area contributed by atoms with Gasteiger partial charge in [0.1, 0.15) is 22.5 Å². The highest BCUT2D eigenvalue weighted by molar-refractivity contribution is 7.98. The molecular formula is C12H14N4OS. The molecule has 3 N–H and O–H groups in total. The highest BCUT2D eigenvalue weighted by atomic mass is 32.2. The van der Waals surface area contributed by atoms with E-state index >= 15 is 0 Å². The van der Waals surface area contributed by atoms with E-state index < -0.39 is 0 Å². The van der Waals surface area contributed by atoms with Crippen molar-refractivity contribution in [3.05, 3.63) is 23.4 Å². The molecule has 18 heavy (non-hydrogen) atoms. The standard InChI is InChI=1S/C12H14N4OS/c1-7(4-8(2)17)15-11-5-10(14)9(6-13)12(16-11)18-3/h4-5H,1-3H3,(H3,14,15,16)/b7-4+. The second-order valence-corrected chi connectivity index (χ2v) is 4.45. The van der Waals surface area contributed by atoms with Crippen molar-refractivity contribution in [2.75, 3.05) is 17.3 Å². The van der Waals surface area contributed by atoms with Gasteiger partial charge in [0, 0.05) is 11.8 Å². The van der Waals surface area contributed by atoms with Crippen LogP contribution in [0.1, 0.15) is 19.4 Å². The fourth-order valence-corrected chi connectivity index (χ4v) is 1.96. The lowest BCUT2D eigenvalue weighted by atomic mass is 10.2. The number of nitriles is 1. The number of nitrogen functional groups attached to an aromatic ring is 1. The molecule has 0 aliphatic heterocycles.